The summed E-state index contributed by atoms with van der Waals surface area (Å²) in [4.78, 5) is 29.8. The molecule has 0 radical (unpaired) electrons. The molecule has 1 saturated carbocycles. The lowest BCUT2D eigenvalue weighted by Gasteiger charge is -2.29. The van der Waals surface area contributed by atoms with Crippen LogP contribution in [-0.4, -0.2) is 62.3 Å². The van der Waals surface area contributed by atoms with E-state index in [4.69, 9.17) is 0 Å². The Morgan fingerprint density at radius 1 is 1.04 bits per heavy atom. The van der Waals surface area contributed by atoms with Crippen molar-refractivity contribution in [2.24, 2.45) is 13.0 Å². The van der Waals surface area contributed by atoms with E-state index in [2.05, 4.69) is 10.00 Å². The zero-order valence-corrected chi connectivity index (χ0v) is 15.2. The lowest BCUT2D eigenvalue weighted by Crippen LogP contribution is -2.43. The molecule has 0 N–H and O–H groups in total. The summed E-state index contributed by atoms with van der Waals surface area (Å²) in [5.74, 6) is 0.974. The summed E-state index contributed by atoms with van der Waals surface area (Å²) >= 11 is 0. The van der Waals surface area contributed by atoms with E-state index < -0.39 is 0 Å². The first-order valence-corrected chi connectivity index (χ1v) is 9.79. The Bertz CT molecular complexity index is 688. The van der Waals surface area contributed by atoms with Gasteiger partial charge in [0.2, 0.25) is 5.91 Å². The highest BCUT2D eigenvalue weighted by atomic mass is 16.2. The monoisotopic (exact) mass is 347 g/mol. The number of hydrogen-bond acceptors (Lipinski definition) is 4. The van der Waals surface area contributed by atoms with Gasteiger partial charge in [0.05, 0.1) is 5.92 Å². The third-order valence-corrected chi connectivity index (χ3v) is 6.24. The summed E-state index contributed by atoms with van der Waals surface area (Å²) in [6.07, 6.45) is 7.94. The topological polar surface area (TPSA) is 63.4 Å². The molecule has 3 aliphatic rings. The van der Waals surface area contributed by atoms with E-state index in [1.807, 2.05) is 4.90 Å². The van der Waals surface area contributed by atoms with Crippen LogP contribution in [0.1, 0.15) is 44.3 Å². The van der Waals surface area contributed by atoms with Gasteiger partial charge in [-0.05, 0) is 25.7 Å². The summed E-state index contributed by atoms with van der Waals surface area (Å²) in [6, 6.07) is 0.737. The van der Waals surface area contributed by atoms with Crippen molar-refractivity contribution in [1.82, 2.24) is 24.1 Å². The van der Waals surface area contributed by atoms with Gasteiger partial charge in [0.1, 0.15) is 5.82 Å². The Morgan fingerprint density at radius 3 is 2.64 bits per heavy atom. The molecule has 1 amide bonds. The van der Waals surface area contributed by atoms with Crippen molar-refractivity contribution in [3.63, 3.8) is 0 Å². The number of nitrogens with zero attached hydrogens (tertiary/aromatic N) is 5. The number of carbonyl (C=O) groups is 1. The maximum atomic E-state index is 13.0. The molecule has 1 aliphatic carbocycles. The second kappa shape index (κ2) is 6.94. The van der Waals surface area contributed by atoms with Crippen molar-refractivity contribution in [3.8, 4) is 0 Å². The molecule has 25 heavy (non-hydrogen) atoms. The van der Waals surface area contributed by atoms with Gasteiger partial charge in [0.15, 0.2) is 0 Å². The minimum Gasteiger partial charge on any atom is -0.341 e. The van der Waals surface area contributed by atoms with E-state index in [1.165, 1.54) is 30.4 Å². The Labute approximate surface area is 148 Å². The molecule has 0 spiro atoms. The Balaban J connectivity index is 1.39. The molecular formula is C18H29N5O2. The number of carbonyl (C=O) groups excluding carboxylic acids is 1. The summed E-state index contributed by atoms with van der Waals surface area (Å²) in [7, 11) is 1.68. The van der Waals surface area contributed by atoms with Gasteiger partial charge in [-0.3, -0.25) is 14.3 Å². The van der Waals surface area contributed by atoms with Crippen LogP contribution in [0.2, 0.25) is 0 Å². The van der Waals surface area contributed by atoms with Crippen molar-refractivity contribution in [1.29, 1.82) is 0 Å². The Morgan fingerprint density at radius 2 is 1.84 bits per heavy atom. The van der Waals surface area contributed by atoms with Crippen LogP contribution in [0.3, 0.4) is 0 Å². The summed E-state index contributed by atoms with van der Waals surface area (Å²) in [5, 5.41) is 4.26. The van der Waals surface area contributed by atoms with Crippen LogP contribution < -0.4 is 5.69 Å². The normalized spacial score (nSPS) is 25.8. The fraction of sp³-hybridized carbons (Fsp3) is 0.833. The lowest BCUT2D eigenvalue weighted by molar-refractivity contribution is -0.136. The standard InChI is InChI=1S/C18H29N5O2/c1-20-18(25)23-13-14(7-8-16(23)19-20)17(24)22-10-4-9-21(11-12-22)15-5-2-3-6-15/h14-15H,2-13H2,1H3/t14-/m1/s1. The molecule has 2 aliphatic heterocycles. The van der Waals surface area contributed by atoms with E-state index in [-0.39, 0.29) is 17.5 Å². The van der Waals surface area contributed by atoms with Gasteiger partial charge in [-0.15, -0.1) is 0 Å². The average Bonchev–Trinajstić information content (AvgIpc) is 3.17. The number of aryl methyl sites for hydroxylation is 2. The number of rotatable bonds is 2. The van der Waals surface area contributed by atoms with Crippen LogP contribution in [0.25, 0.3) is 0 Å². The molecule has 1 aromatic rings. The minimum atomic E-state index is -0.101. The zero-order valence-electron chi connectivity index (χ0n) is 15.2. The fourth-order valence-corrected chi connectivity index (χ4v) is 4.79. The van der Waals surface area contributed by atoms with E-state index in [9.17, 15) is 9.59 Å². The van der Waals surface area contributed by atoms with Gasteiger partial charge < -0.3 is 4.90 Å². The summed E-state index contributed by atoms with van der Waals surface area (Å²) < 4.78 is 3.07. The van der Waals surface area contributed by atoms with Crippen LogP contribution in [0.5, 0.6) is 0 Å². The predicted molar refractivity (Wildman–Crippen MR) is 94.3 cm³/mol. The Kier molecular flexibility index (Phi) is 4.67. The molecule has 7 heteroatoms. The second-order valence-electron chi connectivity index (χ2n) is 7.82. The Hall–Kier alpha value is -1.63. The fourth-order valence-electron chi connectivity index (χ4n) is 4.79. The molecule has 0 aromatic carbocycles. The van der Waals surface area contributed by atoms with Crippen LogP contribution >= 0.6 is 0 Å². The maximum absolute atomic E-state index is 13.0. The average molecular weight is 347 g/mol. The highest BCUT2D eigenvalue weighted by Gasteiger charge is 2.32. The summed E-state index contributed by atoms with van der Waals surface area (Å²) in [6.45, 7) is 4.30. The highest BCUT2D eigenvalue weighted by Crippen LogP contribution is 2.25. The summed E-state index contributed by atoms with van der Waals surface area (Å²) in [5.41, 5.74) is -0.101. The molecule has 0 bridgehead atoms. The number of hydrogen-bond donors (Lipinski definition) is 0. The third kappa shape index (κ3) is 3.26. The minimum absolute atomic E-state index is 0.0765. The first kappa shape index (κ1) is 16.8. The van der Waals surface area contributed by atoms with Gasteiger partial charge >= 0.3 is 5.69 Å². The molecule has 4 rings (SSSR count). The van der Waals surface area contributed by atoms with Gasteiger partial charge in [-0.2, -0.15) is 5.10 Å². The first-order valence-electron chi connectivity index (χ1n) is 9.79. The first-order chi connectivity index (χ1) is 12.1. The van der Waals surface area contributed by atoms with Crippen molar-refractivity contribution in [2.45, 2.75) is 57.5 Å². The molecule has 0 unspecified atom stereocenters. The maximum Gasteiger partial charge on any atom is 0.345 e. The number of aromatic nitrogens is 3. The van der Waals surface area contributed by atoms with Crippen molar-refractivity contribution < 1.29 is 4.79 Å². The van der Waals surface area contributed by atoms with Gasteiger partial charge in [0, 0.05) is 52.2 Å². The molecule has 3 heterocycles. The molecular weight excluding hydrogens is 318 g/mol. The van der Waals surface area contributed by atoms with Gasteiger partial charge in [-0.25, -0.2) is 9.48 Å². The van der Waals surface area contributed by atoms with Crippen molar-refractivity contribution in [2.75, 3.05) is 26.2 Å². The highest BCUT2D eigenvalue weighted by molar-refractivity contribution is 5.79. The number of fused-ring (bicyclic) bond motifs is 1. The lowest BCUT2D eigenvalue weighted by atomic mass is 9.97. The van der Waals surface area contributed by atoms with Crippen LogP contribution in [-0.2, 0) is 24.8 Å². The molecule has 138 valence electrons. The largest absolute Gasteiger partial charge is 0.345 e. The van der Waals surface area contributed by atoms with Crippen molar-refractivity contribution in [3.05, 3.63) is 16.3 Å². The molecule has 1 atom stereocenters. The van der Waals surface area contributed by atoms with Crippen LogP contribution in [0.15, 0.2) is 4.79 Å². The molecule has 7 nitrogen and oxygen atoms in total. The molecule has 1 aromatic heterocycles. The zero-order chi connectivity index (χ0) is 17.4. The quantitative estimate of drug-likeness (QED) is 0.787. The number of amides is 1. The van der Waals surface area contributed by atoms with Crippen LogP contribution in [0.4, 0.5) is 0 Å². The predicted octanol–water partition coefficient (Wildman–Crippen LogP) is 0.621. The van der Waals surface area contributed by atoms with E-state index in [0.29, 0.717) is 13.0 Å². The van der Waals surface area contributed by atoms with E-state index in [0.717, 1.165) is 50.9 Å². The van der Waals surface area contributed by atoms with Crippen LogP contribution in [0, 0.1) is 5.92 Å². The third-order valence-electron chi connectivity index (χ3n) is 6.24. The SMILES string of the molecule is Cn1nc2n(c1=O)C[C@H](C(=O)N1CCCN(C3CCCC3)CC1)CC2. The molecule has 2 fully saturated rings. The second-order valence-corrected chi connectivity index (χ2v) is 7.82. The van der Waals surface area contributed by atoms with Crippen molar-refractivity contribution >= 4 is 5.91 Å². The van der Waals surface area contributed by atoms with Gasteiger partial charge in [-0.1, -0.05) is 12.8 Å². The van der Waals surface area contributed by atoms with E-state index in [1.54, 1.807) is 11.6 Å². The smallest absolute Gasteiger partial charge is 0.341 e. The van der Waals surface area contributed by atoms with E-state index >= 15 is 0 Å². The van der Waals surface area contributed by atoms with Gasteiger partial charge in [0.25, 0.3) is 0 Å². The molecule has 1 saturated heterocycles.